The molecule has 1 N–H and O–H groups in total. The van der Waals surface area contributed by atoms with Gasteiger partial charge in [0.05, 0.1) is 7.11 Å². The number of hydrogen-bond donors (Lipinski definition) is 1. The molecule has 1 saturated heterocycles. The first-order valence-electron chi connectivity index (χ1n) is 11.0. The van der Waals surface area contributed by atoms with Gasteiger partial charge in [-0.3, -0.25) is 9.69 Å². The van der Waals surface area contributed by atoms with Gasteiger partial charge in [-0.05, 0) is 62.7 Å². The van der Waals surface area contributed by atoms with Crippen LogP contribution in [0.3, 0.4) is 0 Å². The number of ether oxygens (including phenoxy) is 1. The average molecular weight is 440 g/mol. The van der Waals surface area contributed by atoms with E-state index in [-0.39, 0.29) is 11.8 Å². The monoisotopic (exact) mass is 439 g/mol. The van der Waals surface area contributed by atoms with Crippen LogP contribution in [0.5, 0.6) is 5.75 Å². The minimum Gasteiger partial charge on any atom is -0.496 e. The molecule has 0 saturated carbocycles. The van der Waals surface area contributed by atoms with E-state index in [1.54, 1.807) is 7.11 Å². The molecule has 31 heavy (non-hydrogen) atoms. The Labute approximate surface area is 188 Å². The Kier molecular flexibility index (Phi) is 6.83. The van der Waals surface area contributed by atoms with Crippen LogP contribution < -0.4 is 10.1 Å². The molecule has 1 aromatic heterocycles. The number of benzene rings is 2. The smallest absolute Gasteiger partial charge is 0.223 e. The average Bonchev–Trinajstić information content (AvgIpc) is 3.14. The largest absolute Gasteiger partial charge is 0.496 e. The fraction of sp³-hybridized carbons (Fsp3) is 0.400. The molecule has 1 amide bonds. The topological polar surface area (TPSA) is 46.5 Å². The maximum absolute atomic E-state index is 12.7. The number of halogens is 1. The molecule has 6 heteroatoms. The maximum Gasteiger partial charge on any atom is 0.223 e. The summed E-state index contributed by atoms with van der Waals surface area (Å²) in [5.74, 6) is 1.02. The van der Waals surface area contributed by atoms with Crippen molar-refractivity contribution in [2.75, 3.05) is 20.2 Å². The van der Waals surface area contributed by atoms with Crippen LogP contribution in [-0.2, 0) is 24.4 Å². The Bertz CT molecular complexity index is 1050. The second kappa shape index (κ2) is 9.75. The lowest BCUT2D eigenvalue weighted by Gasteiger charge is -2.31. The number of rotatable bonds is 7. The molecule has 2 aromatic carbocycles. The molecular weight excluding hydrogens is 410 g/mol. The first-order chi connectivity index (χ1) is 15.1. The summed E-state index contributed by atoms with van der Waals surface area (Å²) in [6.07, 6.45) is 4.00. The van der Waals surface area contributed by atoms with Gasteiger partial charge >= 0.3 is 0 Å². The van der Waals surface area contributed by atoms with Crippen molar-refractivity contribution in [2.45, 2.75) is 39.4 Å². The molecule has 5 nitrogen and oxygen atoms in total. The van der Waals surface area contributed by atoms with Crippen LogP contribution in [-0.4, -0.2) is 35.6 Å². The van der Waals surface area contributed by atoms with Gasteiger partial charge in [0.15, 0.2) is 0 Å². The van der Waals surface area contributed by atoms with Crippen LogP contribution in [0.2, 0.25) is 5.02 Å². The number of aryl methyl sites for hydroxylation is 1. The molecule has 1 aliphatic rings. The molecule has 4 rings (SSSR count). The lowest BCUT2D eigenvalue weighted by atomic mass is 9.95. The third-order valence-electron chi connectivity index (χ3n) is 6.26. The van der Waals surface area contributed by atoms with Gasteiger partial charge in [-0.1, -0.05) is 29.8 Å². The van der Waals surface area contributed by atoms with E-state index in [0.29, 0.717) is 6.54 Å². The highest BCUT2D eigenvalue weighted by Gasteiger charge is 2.25. The number of aromatic nitrogens is 1. The normalized spacial score (nSPS) is 15.3. The molecule has 0 aliphatic carbocycles. The van der Waals surface area contributed by atoms with E-state index >= 15 is 0 Å². The van der Waals surface area contributed by atoms with Crippen molar-refractivity contribution in [3.8, 4) is 5.75 Å². The first kappa shape index (κ1) is 21.7. The van der Waals surface area contributed by atoms with Crippen molar-refractivity contribution < 1.29 is 9.53 Å². The standard InChI is InChI=1S/C25H30ClN3O2/c1-3-29-17-20(22-14-21(26)8-9-23(22)29)16-28-12-10-18(11-13-28)25(30)27-15-19-6-4-5-7-24(19)31-2/h4-9,14,17-18H,3,10-13,15-16H2,1-2H3,(H,27,30). The zero-order chi connectivity index (χ0) is 21.8. The van der Waals surface area contributed by atoms with E-state index < -0.39 is 0 Å². The van der Waals surface area contributed by atoms with Gasteiger partial charge < -0.3 is 14.6 Å². The van der Waals surface area contributed by atoms with Crippen LogP contribution in [0.25, 0.3) is 10.9 Å². The number of nitrogens with zero attached hydrogens (tertiary/aromatic N) is 2. The summed E-state index contributed by atoms with van der Waals surface area (Å²) in [6, 6.07) is 13.9. The summed E-state index contributed by atoms with van der Waals surface area (Å²) in [7, 11) is 1.65. The lowest BCUT2D eigenvalue weighted by Crippen LogP contribution is -2.40. The second-order valence-electron chi connectivity index (χ2n) is 8.18. The summed E-state index contributed by atoms with van der Waals surface area (Å²) in [5, 5.41) is 5.09. The summed E-state index contributed by atoms with van der Waals surface area (Å²) in [5.41, 5.74) is 3.53. The zero-order valence-electron chi connectivity index (χ0n) is 18.2. The maximum atomic E-state index is 12.7. The molecule has 0 bridgehead atoms. The van der Waals surface area contributed by atoms with Crippen molar-refractivity contribution in [3.05, 3.63) is 64.8 Å². The van der Waals surface area contributed by atoms with Crippen LogP contribution in [0.1, 0.15) is 30.9 Å². The summed E-state index contributed by atoms with van der Waals surface area (Å²) < 4.78 is 7.65. The second-order valence-corrected chi connectivity index (χ2v) is 8.62. The molecule has 3 aromatic rings. The Hall–Kier alpha value is -2.50. The SMILES string of the molecule is CCn1cc(CN2CCC(C(=O)NCc3ccccc3OC)CC2)c2cc(Cl)ccc21. The van der Waals surface area contributed by atoms with Gasteiger partial charge in [0, 0.05) is 53.2 Å². The van der Waals surface area contributed by atoms with Gasteiger partial charge in [0.2, 0.25) is 5.91 Å². The number of amides is 1. The molecule has 0 spiro atoms. The molecule has 0 radical (unpaired) electrons. The Balaban J connectivity index is 1.33. The highest BCUT2D eigenvalue weighted by Crippen LogP contribution is 2.28. The van der Waals surface area contributed by atoms with Gasteiger partial charge in [0.1, 0.15) is 5.75 Å². The number of fused-ring (bicyclic) bond motifs is 1. The van der Waals surface area contributed by atoms with Crippen molar-refractivity contribution in [3.63, 3.8) is 0 Å². The number of carbonyl (C=O) groups excluding carboxylic acids is 1. The number of piperidine rings is 1. The molecule has 0 atom stereocenters. The number of nitrogens with one attached hydrogen (secondary N) is 1. The molecular formula is C25H30ClN3O2. The minimum absolute atomic E-state index is 0.0670. The zero-order valence-corrected chi connectivity index (χ0v) is 19.0. The molecule has 0 unspecified atom stereocenters. The van der Waals surface area contributed by atoms with Gasteiger partial charge in [-0.2, -0.15) is 0 Å². The fourth-order valence-electron chi connectivity index (χ4n) is 4.50. The first-order valence-corrected chi connectivity index (χ1v) is 11.4. The summed E-state index contributed by atoms with van der Waals surface area (Å²) >= 11 is 6.26. The van der Waals surface area contributed by atoms with E-state index in [4.69, 9.17) is 16.3 Å². The third kappa shape index (κ3) is 4.89. The van der Waals surface area contributed by atoms with Crippen LogP contribution in [0.15, 0.2) is 48.7 Å². The Morgan fingerprint density at radius 2 is 1.94 bits per heavy atom. The van der Waals surface area contributed by atoms with E-state index in [2.05, 4.69) is 40.0 Å². The number of likely N-dealkylation sites (tertiary alicyclic amines) is 1. The molecule has 1 aliphatic heterocycles. The molecule has 1 fully saturated rings. The van der Waals surface area contributed by atoms with E-state index in [1.165, 1.54) is 16.5 Å². The van der Waals surface area contributed by atoms with Crippen LogP contribution in [0, 0.1) is 5.92 Å². The Morgan fingerprint density at radius 3 is 2.68 bits per heavy atom. The van der Waals surface area contributed by atoms with E-state index in [1.807, 2.05) is 30.3 Å². The Morgan fingerprint density at radius 1 is 1.16 bits per heavy atom. The molecule has 2 heterocycles. The van der Waals surface area contributed by atoms with Crippen molar-refractivity contribution >= 4 is 28.4 Å². The molecule has 164 valence electrons. The fourth-order valence-corrected chi connectivity index (χ4v) is 4.67. The van der Waals surface area contributed by atoms with Gasteiger partial charge in [-0.15, -0.1) is 0 Å². The van der Waals surface area contributed by atoms with E-state index in [0.717, 1.165) is 55.4 Å². The van der Waals surface area contributed by atoms with E-state index in [9.17, 15) is 4.79 Å². The number of methoxy groups -OCH3 is 1. The highest BCUT2D eigenvalue weighted by atomic mass is 35.5. The predicted molar refractivity (Wildman–Crippen MR) is 125 cm³/mol. The minimum atomic E-state index is 0.0670. The summed E-state index contributed by atoms with van der Waals surface area (Å²) in [6.45, 7) is 6.33. The highest BCUT2D eigenvalue weighted by molar-refractivity contribution is 6.31. The van der Waals surface area contributed by atoms with Crippen molar-refractivity contribution in [1.82, 2.24) is 14.8 Å². The third-order valence-corrected chi connectivity index (χ3v) is 6.50. The van der Waals surface area contributed by atoms with Crippen LogP contribution >= 0.6 is 11.6 Å². The van der Waals surface area contributed by atoms with Crippen LogP contribution in [0.4, 0.5) is 0 Å². The van der Waals surface area contributed by atoms with Gasteiger partial charge in [-0.25, -0.2) is 0 Å². The van der Waals surface area contributed by atoms with Gasteiger partial charge in [0.25, 0.3) is 0 Å². The predicted octanol–water partition coefficient (Wildman–Crippen LogP) is 4.85. The number of carbonyl (C=O) groups is 1. The lowest BCUT2D eigenvalue weighted by molar-refractivity contribution is -0.126. The van der Waals surface area contributed by atoms with Crippen molar-refractivity contribution in [1.29, 1.82) is 0 Å². The number of hydrogen-bond acceptors (Lipinski definition) is 3. The van der Waals surface area contributed by atoms with Crippen molar-refractivity contribution in [2.24, 2.45) is 5.92 Å². The summed E-state index contributed by atoms with van der Waals surface area (Å²) in [4.78, 5) is 15.1. The number of para-hydroxylation sites is 1. The quantitative estimate of drug-likeness (QED) is 0.572.